The maximum atomic E-state index is 13.4. The van der Waals surface area contributed by atoms with Gasteiger partial charge in [0, 0.05) is 18.1 Å². The Morgan fingerprint density at radius 2 is 1.92 bits per heavy atom. The normalized spacial score (nSPS) is 11.7. The summed E-state index contributed by atoms with van der Waals surface area (Å²) in [4.78, 5) is 4.18. The zero-order chi connectivity index (χ0) is 17.5. The molecule has 124 valence electrons. The van der Waals surface area contributed by atoms with E-state index in [2.05, 4.69) is 4.98 Å². The van der Waals surface area contributed by atoms with E-state index in [0.717, 1.165) is 0 Å². The number of aryl methyl sites for hydroxylation is 1. The van der Waals surface area contributed by atoms with Crippen molar-refractivity contribution in [2.45, 2.75) is 11.8 Å². The third-order valence-corrected chi connectivity index (χ3v) is 4.62. The number of halogens is 2. The Kier molecular flexibility index (Phi) is 4.16. The Morgan fingerprint density at radius 1 is 1.21 bits per heavy atom. The average Bonchev–Trinajstić information content (AvgIpc) is 2.91. The van der Waals surface area contributed by atoms with Crippen LogP contribution in [0.15, 0.2) is 51.8 Å². The standard InChI is InChI=1S/C16H12ClFN2O3S/c1-9-20-15(10-6-7-13(18)12(17)8-10)16(23-9)11-4-2-3-5-14(11)24(19,21)22/h2-8H,1H3,(H2,19,21,22). The molecule has 2 N–H and O–H groups in total. The molecule has 5 nitrogen and oxygen atoms in total. The first kappa shape index (κ1) is 16.6. The monoisotopic (exact) mass is 366 g/mol. The van der Waals surface area contributed by atoms with Gasteiger partial charge >= 0.3 is 0 Å². The van der Waals surface area contributed by atoms with E-state index in [1.807, 2.05) is 0 Å². The van der Waals surface area contributed by atoms with Crippen molar-refractivity contribution in [1.82, 2.24) is 4.98 Å². The largest absolute Gasteiger partial charge is 0.440 e. The number of hydrogen-bond donors (Lipinski definition) is 1. The lowest BCUT2D eigenvalue weighted by molar-refractivity contribution is 0.532. The van der Waals surface area contributed by atoms with E-state index in [0.29, 0.717) is 17.1 Å². The number of benzene rings is 2. The first-order chi connectivity index (χ1) is 11.3. The Hall–Kier alpha value is -2.22. The number of hydrogen-bond acceptors (Lipinski definition) is 4. The Labute approximate surface area is 142 Å². The average molecular weight is 367 g/mol. The van der Waals surface area contributed by atoms with Gasteiger partial charge in [0.25, 0.3) is 0 Å². The summed E-state index contributed by atoms with van der Waals surface area (Å²) in [6, 6.07) is 10.2. The van der Waals surface area contributed by atoms with Crippen LogP contribution in [0.25, 0.3) is 22.6 Å². The summed E-state index contributed by atoms with van der Waals surface area (Å²) < 4.78 is 42.6. The number of oxazole rings is 1. The molecule has 0 fully saturated rings. The summed E-state index contributed by atoms with van der Waals surface area (Å²) in [6.07, 6.45) is 0. The van der Waals surface area contributed by atoms with Crippen LogP contribution in [0.2, 0.25) is 5.02 Å². The molecule has 0 unspecified atom stereocenters. The van der Waals surface area contributed by atoms with Crippen molar-refractivity contribution in [2.24, 2.45) is 5.14 Å². The van der Waals surface area contributed by atoms with Gasteiger partial charge in [-0.1, -0.05) is 23.7 Å². The quantitative estimate of drug-likeness (QED) is 0.764. The van der Waals surface area contributed by atoms with Gasteiger partial charge in [0.1, 0.15) is 11.5 Å². The van der Waals surface area contributed by atoms with Crippen LogP contribution in [0.5, 0.6) is 0 Å². The van der Waals surface area contributed by atoms with Crippen LogP contribution in [0.3, 0.4) is 0 Å². The number of nitrogens with two attached hydrogens (primary N) is 1. The van der Waals surface area contributed by atoms with Gasteiger partial charge in [-0.25, -0.2) is 22.9 Å². The molecule has 0 aliphatic heterocycles. The van der Waals surface area contributed by atoms with Gasteiger partial charge < -0.3 is 4.42 Å². The molecule has 24 heavy (non-hydrogen) atoms. The Balaban J connectivity index is 2.27. The molecule has 0 amide bonds. The minimum absolute atomic E-state index is 0.0705. The van der Waals surface area contributed by atoms with Gasteiger partial charge in [-0.3, -0.25) is 0 Å². The van der Waals surface area contributed by atoms with Gasteiger partial charge in [0.15, 0.2) is 11.7 Å². The molecule has 3 aromatic rings. The van der Waals surface area contributed by atoms with Crippen LogP contribution in [0, 0.1) is 12.7 Å². The molecule has 1 heterocycles. The number of primary sulfonamides is 1. The maximum absolute atomic E-state index is 13.4. The summed E-state index contributed by atoms with van der Waals surface area (Å²) in [6.45, 7) is 1.62. The molecule has 0 radical (unpaired) electrons. The van der Waals surface area contributed by atoms with E-state index in [1.165, 1.54) is 24.3 Å². The Morgan fingerprint density at radius 3 is 2.58 bits per heavy atom. The molecular formula is C16H12ClFN2O3S. The minimum atomic E-state index is -3.96. The van der Waals surface area contributed by atoms with Crippen molar-refractivity contribution in [3.05, 3.63) is 59.2 Å². The summed E-state index contributed by atoms with van der Waals surface area (Å²) in [7, 11) is -3.96. The van der Waals surface area contributed by atoms with Crippen molar-refractivity contribution < 1.29 is 17.2 Å². The second-order valence-corrected chi connectivity index (χ2v) is 7.02. The van der Waals surface area contributed by atoms with Crippen LogP contribution in [-0.2, 0) is 10.0 Å². The van der Waals surface area contributed by atoms with Gasteiger partial charge in [-0.05, 0) is 30.3 Å². The summed E-state index contributed by atoms with van der Waals surface area (Å²) in [5, 5.41) is 5.20. The van der Waals surface area contributed by atoms with E-state index in [-0.39, 0.29) is 21.2 Å². The lowest BCUT2D eigenvalue weighted by Gasteiger charge is -2.07. The highest BCUT2D eigenvalue weighted by molar-refractivity contribution is 7.89. The van der Waals surface area contributed by atoms with Gasteiger partial charge in [0.05, 0.1) is 9.92 Å². The fraction of sp³-hybridized carbons (Fsp3) is 0.0625. The highest BCUT2D eigenvalue weighted by atomic mass is 35.5. The van der Waals surface area contributed by atoms with E-state index < -0.39 is 15.8 Å². The number of rotatable bonds is 3. The molecule has 0 saturated carbocycles. The van der Waals surface area contributed by atoms with E-state index in [9.17, 15) is 12.8 Å². The fourth-order valence-electron chi connectivity index (χ4n) is 2.35. The molecular weight excluding hydrogens is 355 g/mol. The molecule has 0 saturated heterocycles. The molecule has 0 aliphatic rings. The van der Waals surface area contributed by atoms with Crippen molar-refractivity contribution >= 4 is 21.6 Å². The molecule has 1 aromatic heterocycles. The first-order valence-electron chi connectivity index (χ1n) is 6.82. The second kappa shape index (κ2) is 6.01. The smallest absolute Gasteiger partial charge is 0.238 e. The zero-order valence-electron chi connectivity index (χ0n) is 12.5. The third-order valence-electron chi connectivity index (χ3n) is 3.37. The van der Waals surface area contributed by atoms with Crippen molar-refractivity contribution in [3.8, 4) is 22.6 Å². The molecule has 8 heteroatoms. The van der Waals surface area contributed by atoms with Gasteiger partial charge in [-0.15, -0.1) is 0 Å². The summed E-state index contributed by atoms with van der Waals surface area (Å²) >= 11 is 5.82. The zero-order valence-corrected chi connectivity index (χ0v) is 14.0. The van der Waals surface area contributed by atoms with Gasteiger partial charge in [0.2, 0.25) is 10.0 Å². The van der Waals surface area contributed by atoms with Crippen LogP contribution >= 0.6 is 11.6 Å². The van der Waals surface area contributed by atoms with Crippen molar-refractivity contribution in [1.29, 1.82) is 0 Å². The number of aromatic nitrogens is 1. The lowest BCUT2D eigenvalue weighted by atomic mass is 10.1. The SMILES string of the molecule is Cc1nc(-c2ccc(F)c(Cl)c2)c(-c2ccccc2S(N)(=O)=O)o1. The fourth-order valence-corrected chi connectivity index (χ4v) is 3.27. The van der Waals surface area contributed by atoms with Crippen molar-refractivity contribution in [2.75, 3.05) is 0 Å². The highest BCUT2D eigenvalue weighted by Gasteiger charge is 2.22. The molecule has 0 aliphatic carbocycles. The number of sulfonamides is 1. The first-order valence-corrected chi connectivity index (χ1v) is 8.75. The van der Waals surface area contributed by atoms with Crippen LogP contribution < -0.4 is 5.14 Å². The van der Waals surface area contributed by atoms with Gasteiger partial charge in [-0.2, -0.15) is 0 Å². The summed E-state index contributed by atoms with van der Waals surface area (Å²) in [5.74, 6) is -0.0170. The lowest BCUT2D eigenvalue weighted by Crippen LogP contribution is -2.13. The van der Waals surface area contributed by atoms with E-state index in [1.54, 1.807) is 25.1 Å². The van der Waals surface area contributed by atoms with Crippen LogP contribution in [0.1, 0.15) is 5.89 Å². The van der Waals surface area contributed by atoms with Crippen LogP contribution in [-0.4, -0.2) is 13.4 Å². The molecule has 0 atom stereocenters. The second-order valence-electron chi connectivity index (χ2n) is 5.08. The minimum Gasteiger partial charge on any atom is -0.440 e. The molecule has 0 bridgehead atoms. The molecule has 0 spiro atoms. The summed E-state index contributed by atoms with van der Waals surface area (Å²) in [5.41, 5.74) is 1.12. The topological polar surface area (TPSA) is 86.2 Å². The maximum Gasteiger partial charge on any atom is 0.238 e. The van der Waals surface area contributed by atoms with E-state index in [4.69, 9.17) is 21.2 Å². The van der Waals surface area contributed by atoms with Crippen molar-refractivity contribution in [3.63, 3.8) is 0 Å². The van der Waals surface area contributed by atoms with E-state index >= 15 is 0 Å². The predicted octanol–water partition coefficient (Wildman–Crippen LogP) is 3.76. The predicted molar refractivity (Wildman–Crippen MR) is 88.5 cm³/mol. The van der Waals surface area contributed by atoms with Crippen LogP contribution in [0.4, 0.5) is 4.39 Å². The third kappa shape index (κ3) is 3.06. The number of nitrogens with zero attached hydrogens (tertiary/aromatic N) is 1. The Bertz CT molecular complexity index is 1030. The molecule has 3 rings (SSSR count). The highest BCUT2D eigenvalue weighted by Crippen LogP contribution is 2.36. The molecule has 2 aromatic carbocycles.